The Kier molecular flexibility index (Phi) is 6.71. The summed E-state index contributed by atoms with van der Waals surface area (Å²) in [5, 5.41) is 12.4. The molecule has 0 aromatic carbocycles. The van der Waals surface area contributed by atoms with Crippen LogP contribution in [0.1, 0.15) is 32.6 Å². The van der Waals surface area contributed by atoms with Gasteiger partial charge in [0.1, 0.15) is 5.76 Å². The molecule has 1 rings (SSSR count). The molecule has 21 heavy (non-hydrogen) atoms. The van der Waals surface area contributed by atoms with Gasteiger partial charge in [-0.15, -0.1) is 0 Å². The maximum atomic E-state index is 12.3. The van der Waals surface area contributed by atoms with Gasteiger partial charge >= 0.3 is 6.03 Å². The van der Waals surface area contributed by atoms with Crippen LogP contribution in [0, 0.1) is 0 Å². The number of carbonyl (C=O) groups excluding carboxylic acids is 1. The number of carbonyl (C=O) groups is 1. The Morgan fingerprint density at radius 3 is 2.48 bits per heavy atom. The lowest BCUT2D eigenvalue weighted by Gasteiger charge is -2.30. The van der Waals surface area contributed by atoms with Crippen LogP contribution >= 0.6 is 0 Å². The highest BCUT2D eigenvalue weighted by molar-refractivity contribution is 5.74. The molecule has 2 amide bonds. The number of hydrogen-bond donors (Lipinski definition) is 2. The molecule has 1 heterocycles. The number of nitrogens with zero attached hydrogens (tertiary/aromatic N) is 2. The summed E-state index contributed by atoms with van der Waals surface area (Å²) in [6.07, 6.45) is 1.08. The van der Waals surface area contributed by atoms with Crippen molar-refractivity contribution < 1.29 is 14.3 Å². The molecule has 2 atom stereocenters. The molecule has 0 aliphatic heterocycles. The van der Waals surface area contributed by atoms with Gasteiger partial charge in [0.25, 0.3) is 0 Å². The minimum absolute atomic E-state index is 0.0236. The predicted molar refractivity (Wildman–Crippen MR) is 82.1 cm³/mol. The maximum Gasteiger partial charge on any atom is 0.317 e. The fourth-order valence-electron chi connectivity index (χ4n) is 2.12. The molecule has 1 aromatic heterocycles. The van der Waals surface area contributed by atoms with Crippen LogP contribution in [0.25, 0.3) is 0 Å². The molecule has 0 saturated carbocycles. The van der Waals surface area contributed by atoms with Gasteiger partial charge in [0.15, 0.2) is 0 Å². The van der Waals surface area contributed by atoms with Crippen molar-refractivity contribution in [2.45, 2.75) is 39.0 Å². The Morgan fingerprint density at radius 2 is 2.05 bits per heavy atom. The van der Waals surface area contributed by atoms with E-state index in [0.717, 1.165) is 5.76 Å². The Morgan fingerprint density at radius 1 is 1.38 bits per heavy atom. The topological polar surface area (TPSA) is 69.0 Å². The van der Waals surface area contributed by atoms with Crippen molar-refractivity contribution >= 4 is 6.03 Å². The molecular weight excluding hydrogens is 270 g/mol. The standard InChI is InChI=1S/C15H27N3O3/c1-11(2)18(10-12(3)19)15(20)16-9-13(17(4)5)14-7-6-8-21-14/h6-8,11-13,19H,9-10H2,1-5H3,(H,16,20). The molecule has 120 valence electrons. The van der Waals surface area contributed by atoms with Crippen molar-refractivity contribution in [3.8, 4) is 0 Å². The summed E-state index contributed by atoms with van der Waals surface area (Å²) in [6.45, 7) is 6.29. The van der Waals surface area contributed by atoms with Gasteiger partial charge in [-0.1, -0.05) is 0 Å². The van der Waals surface area contributed by atoms with Crippen LogP contribution in [0.3, 0.4) is 0 Å². The molecular formula is C15H27N3O3. The zero-order valence-electron chi connectivity index (χ0n) is 13.5. The van der Waals surface area contributed by atoms with Gasteiger partial charge < -0.3 is 19.7 Å². The van der Waals surface area contributed by atoms with E-state index >= 15 is 0 Å². The first-order chi connectivity index (χ1) is 9.82. The summed E-state index contributed by atoms with van der Waals surface area (Å²) < 4.78 is 5.42. The van der Waals surface area contributed by atoms with Gasteiger partial charge in [0.2, 0.25) is 0 Å². The van der Waals surface area contributed by atoms with Crippen molar-refractivity contribution in [3.63, 3.8) is 0 Å². The van der Waals surface area contributed by atoms with Crippen molar-refractivity contribution in [1.29, 1.82) is 0 Å². The summed E-state index contributed by atoms with van der Waals surface area (Å²) in [5.74, 6) is 0.812. The number of furan rings is 1. The molecule has 0 spiro atoms. The average molecular weight is 297 g/mol. The first-order valence-electron chi connectivity index (χ1n) is 7.25. The number of urea groups is 1. The van der Waals surface area contributed by atoms with Crippen molar-refractivity contribution in [2.75, 3.05) is 27.2 Å². The molecule has 0 saturated heterocycles. The van der Waals surface area contributed by atoms with Gasteiger partial charge in [-0.25, -0.2) is 4.79 Å². The molecule has 0 fully saturated rings. The third kappa shape index (κ3) is 5.40. The number of nitrogens with one attached hydrogen (secondary N) is 1. The summed E-state index contributed by atoms with van der Waals surface area (Å²) in [5.41, 5.74) is 0. The highest BCUT2D eigenvalue weighted by Crippen LogP contribution is 2.17. The summed E-state index contributed by atoms with van der Waals surface area (Å²) in [6, 6.07) is 3.56. The summed E-state index contributed by atoms with van der Waals surface area (Å²) in [7, 11) is 3.88. The molecule has 0 radical (unpaired) electrons. The van der Waals surface area contributed by atoms with Crippen LogP contribution in [-0.2, 0) is 0 Å². The van der Waals surface area contributed by atoms with Crippen LogP contribution < -0.4 is 5.32 Å². The maximum absolute atomic E-state index is 12.3. The monoisotopic (exact) mass is 297 g/mol. The van der Waals surface area contributed by atoms with E-state index < -0.39 is 6.10 Å². The molecule has 0 aliphatic rings. The Hall–Kier alpha value is -1.53. The van der Waals surface area contributed by atoms with Crippen LogP contribution in [0.15, 0.2) is 22.8 Å². The van der Waals surface area contributed by atoms with Gasteiger partial charge in [-0.3, -0.25) is 4.90 Å². The third-order valence-corrected chi connectivity index (χ3v) is 3.29. The second kappa shape index (κ2) is 8.05. The summed E-state index contributed by atoms with van der Waals surface area (Å²) >= 11 is 0. The molecule has 6 heteroatoms. The van der Waals surface area contributed by atoms with Gasteiger partial charge in [0.05, 0.1) is 18.4 Å². The van der Waals surface area contributed by atoms with Crippen molar-refractivity contribution in [1.82, 2.24) is 15.1 Å². The molecule has 0 aliphatic carbocycles. The number of aliphatic hydroxyl groups is 1. The lowest BCUT2D eigenvalue weighted by molar-refractivity contribution is 0.117. The number of hydrogen-bond acceptors (Lipinski definition) is 4. The van der Waals surface area contributed by atoms with Crippen molar-refractivity contribution in [2.24, 2.45) is 0 Å². The second-order valence-electron chi connectivity index (χ2n) is 5.78. The van der Waals surface area contributed by atoms with E-state index in [2.05, 4.69) is 5.32 Å². The Labute approximate surface area is 126 Å². The lowest BCUT2D eigenvalue weighted by Crippen LogP contribution is -2.48. The van der Waals surface area contributed by atoms with Crippen LogP contribution in [0.2, 0.25) is 0 Å². The fraction of sp³-hybridized carbons (Fsp3) is 0.667. The van der Waals surface area contributed by atoms with E-state index in [0.29, 0.717) is 13.1 Å². The predicted octanol–water partition coefficient (Wildman–Crippen LogP) is 1.68. The molecule has 2 N–H and O–H groups in total. The molecule has 6 nitrogen and oxygen atoms in total. The van der Waals surface area contributed by atoms with Crippen LogP contribution in [-0.4, -0.2) is 60.3 Å². The van der Waals surface area contributed by atoms with E-state index in [9.17, 15) is 9.90 Å². The van der Waals surface area contributed by atoms with Gasteiger partial charge in [-0.05, 0) is 47.0 Å². The van der Waals surface area contributed by atoms with E-state index in [1.807, 2.05) is 45.0 Å². The smallest absolute Gasteiger partial charge is 0.317 e. The summed E-state index contributed by atoms with van der Waals surface area (Å²) in [4.78, 5) is 15.9. The SMILES string of the molecule is CC(O)CN(C(=O)NCC(c1ccco1)N(C)C)C(C)C. The van der Waals surface area contributed by atoms with Crippen LogP contribution in [0.4, 0.5) is 4.79 Å². The number of likely N-dealkylation sites (N-methyl/N-ethyl adjacent to an activating group) is 1. The molecule has 2 unspecified atom stereocenters. The van der Waals surface area contributed by atoms with E-state index in [1.54, 1.807) is 18.1 Å². The number of aliphatic hydroxyl groups excluding tert-OH is 1. The highest BCUT2D eigenvalue weighted by atomic mass is 16.3. The van der Waals surface area contributed by atoms with E-state index in [1.165, 1.54) is 0 Å². The third-order valence-electron chi connectivity index (χ3n) is 3.29. The first kappa shape index (κ1) is 17.5. The van der Waals surface area contributed by atoms with E-state index in [4.69, 9.17) is 4.42 Å². The zero-order valence-corrected chi connectivity index (χ0v) is 13.5. The lowest BCUT2D eigenvalue weighted by atomic mass is 10.2. The second-order valence-corrected chi connectivity index (χ2v) is 5.78. The number of rotatable bonds is 7. The van der Waals surface area contributed by atoms with Gasteiger partial charge in [-0.2, -0.15) is 0 Å². The Balaban J connectivity index is 2.64. The molecule has 0 bridgehead atoms. The van der Waals surface area contributed by atoms with E-state index in [-0.39, 0.29) is 18.1 Å². The zero-order chi connectivity index (χ0) is 16.0. The minimum Gasteiger partial charge on any atom is -0.468 e. The van der Waals surface area contributed by atoms with Crippen molar-refractivity contribution in [3.05, 3.63) is 24.2 Å². The first-order valence-corrected chi connectivity index (χ1v) is 7.25. The minimum atomic E-state index is -0.548. The fourth-order valence-corrected chi connectivity index (χ4v) is 2.12. The van der Waals surface area contributed by atoms with Gasteiger partial charge in [0, 0.05) is 19.1 Å². The highest BCUT2D eigenvalue weighted by Gasteiger charge is 2.22. The number of amides is 2. The molecule has 1 aromatic rings. The quantitative estimate of drug-likeness (QED) is 0.803. The average Bonchev–Trinajstić information content (AvgIpc) is 2.88. The largest absolute Gasteiger partial charge is 0.468 e. The Bertz CT molecular complexity index is 416. The van der Waals surface area contributed by atoms with Crippen LogP contribution in [0.5, 0.6) is 0 Å². The normalized spacial score (nSPS) is 14.3.